The van der Waals surface area contributed by atoms with Crippen LogP contribution in [0.1, 0.15) is 79.1 Å². The number of methoxy groups -OCH3 is 1. The summed E-state index contributed by atoms with van der Waals surface area (Å²) in [5.41, 5.74) is 0. The molecule has 5 atom stereocenters. The topological polar surface area (TPSA) is 55.4 Å². The molecule has 1 rings (SSSR count). The first-order chi connectivity index (χ1) is 14.2. The van der Waals surface area contributed by atoms with Gasteiger partial charge in [0.25, 0.3) is 0 Å². The lowest BCUT2D eigenvalue weighted by Gasteiger charge is -2.45. The Balaban J connectivity index is 2.92. The highest BCUT2D eigenvalue weighted by atomic mass is 16.7. The molecule has 0 aromatic carbocycles. The van der Waals surface area contributed by atoms with Crippen molar-refractivity contribution in [2.24, 2.45) is 0 Å². The van der Waals surface area contributed by atoms with Crippen molar-refractivity contribution in [3.05, 3.63) is 0 Å². The monoisotopic (exact) mass is 418 g/mol. The van der Waals surface area contributed by atoms with E-state index in [4.69, 9.17) is 28.4 Å². The van der Waals surface area contributed by atoms with Gasteiger partial charge in [-0.25, -0.2) is 0 Å². The Kier molecular flexibility index (Phi) is 16.1. The van der Waals surface area contributed by atoms with Crippen molar-refractivity contribution in [2.75, 3.05) is 40.1 Å². The molecule has 1 saturated heterocycles. The van der Waals surface area contributed by atoms with Gasteiger partial charge in [0.1, 0.15) is 24.4 Å². The lowest BCUT2D eigenvalue weighted by atomic mass is 9.98. The summed E-state index contributed by atoms with van der Waals surface area (Å²) >= 11 is 0. The normalized spacial score (nSPS) is 27.4. The van der Waals surface area contributed by atoms with E-state index < -0.39 is 6.29 Å². The summed E-state index contributed by atoms with van der Waals surface area (Å²) in [4.78, 5) is 0. The van der Waals surface area contributed by atoms with Crippen LogP contribution in [0.2, 0.25) is 0 Å². The molecule has 6 nitrogen and oxygen atoms in total. The second-order valence-corrected chi connectivity index (χ2v) is 7.77. The molecule has 6 heteroatoms. The molecule has 0 aromatic rings. The highest BCUT2D eigenvalue weighted by Crippen LogP contribution is 2.29. The lowest BCUT2D eigenvalue weighted by Crippen LogP contribution is -2.62. The first-order valence-corrected chi connectivity index (χ1v) is 11.8. The molecule has 174 valence electrons. The maximum absolute atomic E-state index is 6.33. The van der Waals surface area contributed by atoms with Crippen molar-refractivity contribution in [2.45, 2.75) is 110 Å². The van der Waals surface area contributed by atoms with Gasteiger partial charge in [-0.05, 0) is 25.7 Å². The van der Waals surface area contributed by atoms with Crippen molar-refractivity contribution in [3.63, 3.8) is 0 Å². The zero-order valence-corrected chi connectivity index (χ0v) is 19.5. The van der Waals surface area contributed by atoms with E-state index >= 15 is 0 Å². The molecule has 0 saturated carbocycles. The Morgan fingerprint density at radius 1 is 0.621 bits per heavy atom. The Bertz CT molecular complexity index is 367. The molecule has 1 fully saturated rings. The van der Waals surface area contributed by atoms with E-state index in [9.17, 15) is 0 Å². The largest absolute Gasteiger partial charge is 0.379 e. The van der Waals surface area contributed by atoms with E-state index in [2.05, 4.69) is 27.7 Å². The summed E-state index contributed by atoms with van der Waals surface area (Å²) in [6.45, 7) is 11.9. The second kappa shape index (κ2) is 17.4. The van der Waals surface area contributed by atoms with Crippen LogP contribution >= 0.6 is 0 Å². The fourth-order valence-corrected chi connectivity index (χ4v) is 3.31. The first kappa shape index (κ1) is 26.8. The zero-order chi connectivity index (χ0) is 21.3. The van der Waals surface area contributed by atoms with Gasteiger partial charge in [-0.1, -0.05) is 53.4 Å². The molecule has 1 heterocycles. The predicted octanol–water partition coefficient (Wildman–Crippen LogP) is 4.73. The molecule has 0 aliphatic carbocycles. The third kappa shape index (κ3) is 10.1. The predicted molar refractivity (Wildman–Crippen MR) is 115 cm³/mol. The maximum Gasteiger partial charge on any atom is 0.186 e. The van der Waals surface area contributed by atoms with Crippen LogP contribution in [0.4, 0.5) is 0 Å². The number of unbranched alkanes of at least 4 members (excludes halogenated alkanes) is 4. The van der Waals surface area contributed by atoms with Gasteiger partial charge >= 0.3 is 0 Å². The van der Waals surface area contributed by atoms with Crippen molar-refractivity contribution in [1.82, 2.24) is 0 Å². The molecule has 0 aromatic heterocycles. The van der Waals surface area contributed by atoms with Gasteiger partial charge in [-0.2, -0.15) is 0 Å². The molecule has 0 radical (unpaired) electrons. The fourth-order valence-electron chi connectivity index (χ4n) is 3.31. The molecule has 29 heavy (non-hydrogen) atoms. The van der Waals surface area contributed by atoms with E-state index in [0.717, 1.165) is 58.0 Å². The van der Waals surface area contributed by atoms with Gasteiger partial charge in [-0.15, -0.1) is 0 Å². The van der Waals surface area contributed by atoms with Gasteiger partial charge in [0.2, 0.25) is 0 Å². The smallest absolute Gasteiger partial charge is 0.186 e. The quantitative estimate of drug-likeness (QED) is 0.300. The van der Waals surface area contributed by atoms with Crippen molar-refractivity contribution in [1.29, 1.82) is 0 Å². The van der Waals surface area contributed by atoms with Gasteiger partial charge < -0.3 is 28.4 Å². The van der Waals surface area contributed by atoms with Gasteiger partial charge in [0, 0.05) is 33.5 Å². The van der Waals surface area contributed by atoms with E-state index in [-0.39, 0.29) is 24.4 Å². The third-order valence-electron chi connectivity index (χ3n) is 5.17. The number of ether oxygens (including phenoxy) is 6. The molecule has 0 N–H and O–H groups in total. The van der Waals surface area contributed by atoms with E-state index in [1.807, 2.05) is 0 Å². The molecule has 3 unspecified atom stereocenters. The van der Waals surface area contributed by atoms with Crippen molar-refractivity contribution >= 4 is 0 Å². The van der Waals surface area contributed by atoms with Crippen LogP contribution in [0.15, 0.2) is 0 Å². The van der Waals surface area contributed by atoms with Crippen LogP contribution in [-0.4, -0.2) is 70.9 Å². The van der Waals surface area contributed by atoms with E-state index in [0.29, 0.717) is 26.4 Å². The number of hydrogen-bond donors (Lipinski definition) is 0. The maximum atomic E-state index is 6.33. The van der Waals surface area contributed by atoms with Crippen LogP contribution in [0.3, 0.4) is 0 Å². The summed E-state index contributed by atoms with van der Waals surface area (Å²) in [5, 5.41) is 0. The number of hydrogen-bond acceptors (Lipinski definition) is 6. The standard InChI is InChI=1S/C23H46O6/c1-6-10-14-25-18-19-20(26-15-11-7-2)21(27-16-12-8-3)22(23(24-5)29-19)28-17-13-9-4/h19-23H,6-18H2,1-5H3/t19?,20-,21?,22?,23+/m1/s1. The zero-order valence-electron chi connectivity index (χ0n) is 19.5. The van der Waals surface area contributed by atoms with Crippen molar-refractivity contribution in [3.8, 4) is 0 Å². The van der Waals surface area contributed by atoms with Crippen LogP contribution in [0.5, 0.6) is 0 Å². The third-order valence-corrected chi connectivity index (χ3v) is 5.17. The summed E-state index contributed by atoms with van der Waals surface area (Å²) in [5.74, 6) is 0. The molecule has 0 spiro atoms. The molecular weight excluding hydrogens is 372 g/mol. The van der Waals surface area contributed by atoms with Crippen LogP contribution in [-0.2, 0) is 28.4 Å². The summed E-state index contributed by atoms with van der Waals surface area (Å²) in [6, 6.07) is 0. The summed E-state index contributed by atoms with van der Waals surface area (Å²) in [6.07, 6.45) is 6.96. The lowest BCUT2D eigenvalue weighted by molar-refractivity contribution is -0.318. The van der Waals surface area contributed by atoms with Gasteiger partial charge in [0.15, 0.2) is 6.29 Å². The second-order valence-electron chi connectivity index (χ2n) is 7.77. The minimum absolute atomic E-state index is 0.224. The van der Waals surface area contributed by atoms with Crippen LogP contribution in [0, 0.1) is 0 Å². The van der Waals surface area contributed by atoms with Crippen LogP contribution < -0.4 is 0 Å². The Hall–Kier alpha value is -0.240. The molecule has 0 bridgehead atoms. The molecule has 1 aliphatic rings. The highest BCUT2D eigenvalue weighted by Gasteiger charge is 2.48. The minimum Gasteiger partial charge on any atom is -0.379 e. The fraction of sp³-hybridized carbons (Fsp3) is 1.00. The average molecular weight is 419 g/mol. The summed E-state index contributed by atoms with van der Waals surface area (Å²) in [7, 11) is 1.66. The Morgan fingerprint density at radius 2 is 1.10 bits per heavy atom. The highest BCUT2D eigenvalue weighted by molar-refractivity contribution is 4.93. The van der Waals surface area contributed by atoms with Crippen LogP contribution in [0.25, 0.3) is 0 Å². The van der Waals surface area contributed by atoms with E-state index in [1.54, 1.807) is 7.11 Å². The Morgan fingerprint density at radius 3 is 1.62 bits per heavy atom. The SMILES string of the molecule is CCCCOCC1O[C@H](OC)C(OCCCC)C(OCCCC)[C@@H]1OCCCC. The Labute approximate surface area is 178 Å². The number of rotatable bonds is 18. The average Bonchev–Trinajstić information content (AvgIpc) is 2.73. The van der Waals surface area contributed by atoms with Gasteiger partial charge in [0.05, 0.1) is 6.61 Å². The molecule has 0 amide bonds. The van der Waals surface area contributed by atoms with Crippen molar-refractivity contribution < 1.29 is 28.4 Å². The minimum atomic E-state index is -0.482. The molecular formula is C23H46O6. The van der Waals surface area contributed by atoms with Gasteiger partial charge in [-0.3, -0.25) is 0 Å². The first-order valence-electron chi connectivity index (χ1n) is 11.8. The molecule has 1 aliphatic heterocycles. The van der Waals surface area contributed by atoms with E-state index in [1.165, 1.54) is 0 Å². The summed E-state index contributed by atoms with van der Waals surface area (Å²) < 4.78 is 36.7.